The van der Waals surface area contributed by atoms with Crippen molar-refractivity contribution in [2.45, 2.75) is 37.3 Å². The lowest BCUT2D eigenvalue weighted by atomic mass is 10.0. The molecule has 5 rings (SSSR count). The fraction of sp³-hybridized carbons (Fsp3) is 0.200. The molecule has 0 aliphatic rings. The number of halogens is 3. The summed E-state index contributed by atoms with van der Waals surface area (Å²) in [4.78, 5) is 31.3. The lowest BCUT2D eigenvalue weighted by Crippen LogP contribution is -2.37. The van der Waals surface area contributed by atoms with Gasteiger partial charge in [0, 0.05) is 23.4 Å². The van der Waals surface area contributed by atoms with Crippen LogP contribution in [-0.4, -0.2) is 65.4 Å². The third-order valence-corrected chi connectivity index (χ3v) is 8.96. The molecule has 272 valence electrons. The first-order valence-electron chi connectivity index (χ1n) is 15.4. The minimum absolute atomic E-state index is 0.00168. The molecule has 1 heterocycles. The van der Waals surface area contributed by atoms with E-state index in [2.05, 4.69) is 20.2 Å². The number of methoxy groups -OCH3 is 1. The van der Waals surface area contributed by atoms with Crippen LogP contribution in [0.25, 0.3) is 11.4 Å². The Morgan fingerprint density at radius 2 is 1.63 bits per heavy atom. The number of nitrogens with one attached hydrogen (secondary N) is 2. The highest BCUT2D eigenvalue weighted by Gasteiger charge is 2.34. The summed E-state index contributed by atoms with van der Waals surface area (Å²) in [6.45, 7) is 1.33. The van der Waals surface area contributed by atoms with Crippen molar-refractivity contribution in [2.24, 2.45) is 0 Å². The molecule has 5 aromatic rings. The van der Waals surface area contributed by atoms with Crippen molar-refractivity contribution < 1.29 is 50.7 Å². The van der Waals surface area contributed by atoms with Gasteiger partial charge in [0.15, 0.2) is 6.29 Å². The second-order valence-corrected chi connectivity index (χ2v) is 13.2. The second-order valence-electron chi connectivity index (χ2n) is 11.5. The molecule has 0 bridgehead atoms. The number of nitrogens with zero attached hydrogens (tertiary/aromatic N) is 3. The summed E-state index contributed by atoms with van der Waals surface area (Å²) in [5.41, 5.74) is 1.06. The zero-order valence-electron chi connectivity index (χ0n) is 27.6. The van der Waals surface area contributed by atoms with E-state index in [0.717, 1.165) is 11.6 Å². The maximum Gasteiger partial charge on any atom is 0.416 e. The molecule has 0 radical (unpaired) electrons. The number of benzene rings is 4. The Balaban J connectivity index is 1.22. The normalized spacial score (nSPS) is 11.7. The molecule has 0 saturated heterocycles. The van der Waals surface area contributed by atoms with Crippen molar-refractivity contribution >= 4 is 33.5 Å². The molecule has 0 unspecified atom stereocenters. The summed E-state index contributed by atoms with van der Waals surface area (Å²) in [5, 5.41) is 25.7. The Morgan fingerprint density at radius 1 is 0.962 bits per heavy atom. The quantitative estimate of drug-likeness (QED) is 0.120. The van der Waals surface area contributed by atoms with E-state index in [4.69, 9.17) is 9.26 Å². The Labute approximate surface area is 295 Å². The van der Waals surface area contributed by atoms with Crippen molar-refractivity contribution in [2.75, 3.05) is 23.7 Å². The molecule has 0 spiro atoms. The number of hydrogen-bond acceptors (Lipinski definition) is 10. The van der Waals surface area contributed by atoms with Crippen LogP contribution in [0.4, 0.5) is 24.9 Å². The molecule has 0 aliphatic heterocycles. The lowest BCUT2D eigenvalue weighted by Gasteiger charge is -2.24. The Kier molecular flexibility index (Phi) is 11.3. The van der Waals surface area contributed by atoms with Crippen LogP contribution in [0.2, 0.25) is 0 Å². The first-order chi connectivity index (χ1) is 24.6. The predicted octanol–water partition coefficient (Wildman–Crippen LogP) is 5.01. The highest BCUT2D eigenvalue weighted by atomic mass is 32.2. The zero-order valence-corrected chi connectivity index (χ0v) is 28.4. The fourth-order valence-corrected chi connectivity index (χ4v) is 5.95. The third kappa shape index (κ3) is 9.51. The van der Waals surface area contributed by atoms with Crippen molar-refractivity contribution in [3.05, 3.63) is 119 Å². The van der Waals surface area contributed by atoms with Gasteiger partial charge in [-0.15, -0.1) is 0 Å². The number of aryl methyl sites for hydroxylation is 1. The number of aromatic nitrogens is 2. The van der Waals surface area contributed by atoms with E-state index in [1.807, 2.05) is 6.92 Å². The van der Waals surface area contributed by atoms with Gasteiger partial charge in [0.2, 0.25) is 11.7 Å². The average Bonchev–Trinajstić information content (AvgIpc) is 3.55. The lowest BCUT2D eigenvalue weighted by molar-refractivity contribution is -0.138. The molecular formula is C35H32F3N5O8S. The maximum atomic E-state index is 13.6. The predicted molar refractivity (Wildman–Crippen MR) is 181 cm³/mol. The largest absolute Gasteiger partial charge is 0.497 e. The van der Waals surface area contributed by atoms with Crippen LogP contribution in [-0.2, 0) is 34.0 Å². The van der Waals surface area contributed by atoms with E-state index in [-0.39, 0.29) is 45.8 Å². The molecule has 2 amide bonds. The Bertz CT molecular complexity index is 2140. The summed E-state index contributed by atoms with van der Waals surface area (Å²) in [7, 11) is -2.73. The third-order valence-electron chi connectivity index (χ3n) is 7.62. The number of carbonyl (C=O) groups excluding carboxylic acids is 2. The first kappa shape index (κ1) is 37.5. The fourth-order valence-electron chi connectivity index (χ4n) is 5.03. The van der Waals surface area contributed by atoms with Crippen LogP contribution < -0.4 is 14.8 Å². The molecule has 17 heteroatoms. The first-order valence-corrected chi connectivity index (χ1v) is 16.9. The van der Waals surface area contributed by atoms with E-state index in [1.165, 1.54) is 60.5 Å². The second kappa shape index (κ2) is 15.6. The van der Waals surface area contributed by atoms with Crippen molar-refractivity contribution in [1.29, 1.82) is 0 Å². The van der Waals surface area contributed by atoms with Crippen LogP contribution in [0.1, 0.15) is 32.6 Å². The van der Waals surface area contributed by atoms with Crippen molar-refractivity contribution in [3.8, 4) is 17.1 Å². The summed E-state index contributed by atoms with van der Waals surface area (Å²) < 4.78 is 78.1. The average molecular weight is 740 g/mol. The van der Waals surface area contributed by atoms with Gasteiger partial charge in [0.1, 0.15) is 5.75 Å². The number of sulfonamides is 1. The number of carbonyl (C=O) groups is 2. The smallest absolute Gasteiger partial charge is 0.416 e. The van der Waals surface area contributed by atoms with Crippen molar-refractivity contribution in [3.63, 3.8) is 0 Å². The van der Waals surface area contributed by atoms with Gasteiger partial charge < -0.3 is 29.7 Å². The molecule has 52 heavy (non-hydrogen) atoms. The SMILES string of the molecule is COc1ccc(CC(=O)Nc2ccc(C(=O)N(Cc3ccc(-c4noc(NS(=O)(=O)c5ccc(C)cc5)n4)cc3)CC(O)O)cc2)c(C(F)(F)F)c1. The van der Waals surface area contributed by atoms with Gasteiger partial charge in [0.05, 0.1) is 30.5 Å². The minimum Gasteiger partial charge on any atom is -0.497 e. The number of anilines is 2. The van der Waals surface area contributed by atoms with Gasteiger partial charge in [-0.3, -0.25) is 9.59 Å². The van der Waals surface area contributed by atoms with E-state index in [9.17, 15) is 41.4 Å². The molecule has 0 atom stereocenters. The van der Waals surface area contributed by atoms with Gasteiger partial charge >= 0.3 is 12.2 Å². The van der Waals surface area contributed by atoms with Crippen LogP contribution in [0, 0.1) is 6.92 Å². The standard InChI is InChI=1S/C35H32F3N5O8S/c1-21-3-15-28(16-4-21)52(48,49)42-34-40-32(41-51-34)23-7-5-22(6-8-23)19-43(20-31(45)46)33(47)24-9-12-26(13-10-24)39-30(44)17-25-11-14-27(50-2)18-29(25)35(36,37)38/h3-16,18,31,45-46H,17,19-20H2,1-2H3,(H,39,44)(H,40,41,42). The number of alkyl halides is 3. The van der Waals surface area contributed by atoms with Crippen LogP contribution in [0.3, 0.4) is 0 Å². The molecule has 4 aromatic carbocycles. The van der Waals surface area contributed by atoms with E-state index in [1.54, 1.807) is 36.4 Å². The van der Waals surface area contributed by atoms with Crippen LogP contribution >= 0.6 is 0 Å². The molecule has 1 aromatic heterocycles. The topological polar surface area (TPSA) is 184 Å². The zero-order chi connectivity index (χ0) is 37.6. The van der Waals surface area contributed by atoms with Gasteiger partial charge in [0.25, 0.3) is 15.9 Å². The van der Waals surface area contributed by atoms with Gasteiger partial charge in [-0.2, -0.15) is 18.2 Å². The molecule has 13 nitrogen and oxygen atoms in total. The number of rotatable bonds is 13. The summed E-state index contributed by atoms with van der Waals surface area (Å²) in [6.07, 6.45) is -7.13. The van der Waals surface area contributed by atoms with E-state index < -0.39 is 52.8 Å². The van der Waals surface area contributed by atoms with Gasteiger partial charge in [-0.1, -0.05) is 53.2 Å². The summed E-state index contributed by atoms with van der Waals surface area (Å²) in [5.74, 6) is -1.21. The molecule has 0 fully saturated rings. The highest BCUT2D eigenvalue weighted by molar-refractivity contribution is 7.92. The number of aliphatic hydroxyl groups excluding tert-OH is 1. The molecular weight excluding hydrogens is 707 g/mol. The Hall–Kier alpha value is -5.78. The number of ether oxygens (including phenoxy) is 1. The summed E-state index contributed by atoms with van der Waals surface area (Å²) in [6, 6.07) is 21.2. The van der Waals surface area contributed by atoms with Gasteiger partial charge in [-0.25, -0.2) is 13.1 Å². The summed E-state index contributed by atoms with van der Waals surface area (Å²) >= 11 is 0. The van der Waals surface area contributed by atoms with Crippen molar-refractivity contribution in [1.82, 2.24) is 15.0 Å². The van der Waals surface area contributed by atoms with E-state index >= 15 is 0 Å². The monoisotopic (exact) mass is 739 g/mol. The maximum absolute atomic E-state index is 13.6. The molecule has 4 N–H and O–H groups in total. The van der Waals surface area contributed by atoms with E-state index in [0.29, 0.717) is 11.1 Å². The number of hydrogen-bond donors (Lipinski definition) is 4. The minimum atomic E-state index is -4.70. The number of aliphatic hydroxyl groups is 2. The van der Waals surface area contributed by atoms with Crippen LogP contribution in [0.15, 0.2) is 100 Å². The van der Waals surface area contributed by atoms with Gasteiger partial charge in [-0.05, 0) is 66.6 Å². The Morgan fingerprint density at radius 3 is 2.25 bits per heavy atom. The molecule has 0 saturated carbocycles. The van der Waals surface area contributed by atoms with Crippen LogP contribution in [0.5, 0.6) is 5.75 Å². The molecule has 0 aliphatic carbocycles. The highest BCUT2D eigenvalue weighted by Crippen LogP contribution is 2.35. The number of amides is 2.